The van der Waals surface area contributed by atoms with Gasteiger partial charge >= 0.3 is 0 Å². The third kappa shape index (κ3) is 4.30. The van der Waals surface area contributed by atoms with E-state index in [9.17, 15) is 4.79 Å². The van der Waals surface area contributed by atoms with Crippen LogP contribution in [0, 0.1) is 0 Å². The largest absolute Gasteiger partial charge is 0.467 e. The molecule has 0 atom stereocenters. The molecule has 0 aliphatic rings. The lowest BCUT2D eigenvalue weighted by Gasteiger charge is -2.04. The monoisotopic (exact) mass is 297 g/mol. The lowest BCUT2D eigenvalue weighted by atomic mass is 10.1. The second-order valence-corrected chi connectivity index (χ2v) is 4.92. The maximum absolute atomic E-state index is 11.7. The molecule has 0 saturated heterocycles. The quantitative estimate of drug-likeness (QED) is 0.911. The van der Waals surface area contributed by atoms with Crippen LogP contribution >= 0.6 is 23.2 Å². The molecule has 0 fully saturated rings. The highest BCUT2D eigenvalue weighted by Crippen LogP contribution is 2.23. The molecule has 0 spiro atoms. The fraction of sp³-hybridized carbons (Fsp3) is 0.214. The predicted molar refractivity (Wildman–Crippen MR) is 75.3 cm³/mol. The first-order valence-corrected chi connectivity index (χ1v) is 6.64. The molecule has 1 heterocycles. The van der Waals surface area contributed by atoms with E-state index in [1.54, 1.807) is 24.5 Å². The molecule has 0 saturated carbocycles. The first-order valence-electron chi connectivity index (χ1n) is 5.88. The van der Waals surface area contributed by atoms with Crippen LogP contribution in [0.3, 0.4) is 0 Å². The van der Waals surface area contributed by atoms with Gasteiger partial charge in [-0.25, -0.2) is 0 Å². The van der Waals surface area contributed by atoms with Gasteiger partial charge in [-0.05, 0) is 36.2 Å². The van der Waals surface area contributed by atoms with E-state index in [0.717, 1.165) is 11.3 Å². The van der Waals surface area contributed by atoms with Crippen molar-refractivity contribution in [1.82, 2.24) is 5.32 Å². The minimum absolute atomic E-state index is 0.0255. The summed E-state index contributed by atoms with van der Waals surface area (Å²) in [5.74, 6) is 0.713. The first-order chi connectivity index (χ1) is 9.15. The van der Waals surface area contributed by atoms with Gasteiger partial charge in [-0.2, -0.15) is 0 Å². The second kappa shape index (κ2) is 6.64. The van der Waals surface area contributed by atoms with Crippen molar-refractivity contribution in [3.05, 3.63) is 58.0 Å². The Bertz CT molecular complexity index is 553. The number of hydrogen-bond acceptors (Lipinski definition) is 2. The highest BCUT2D eigenvalue weighted by atomic mass is 35.5. The normalized spacial score (nSPS) is 10.4. The van der Waals surface area contributed by atoms with Crippen LogP contribution in [0.4, 0.5) is 0 Å². The van der Waals surface area contributed by atoms with Crippen LogP contribution in [0.15, 0.2) is 41.0 Å². The molecule has 100 valence electrons. The van der Waals surface area contributed by atoms with Crippen molar-refractivity contribution in [1.29, 1.82) is 0 Å². The zero-order chi connectivity index (χ0) is 13.7. The standard InChI is InChI=1S/C14H13Cl2NO2/c15-12-5-3-10(8-13(12)16)4-6-14(18)17-9-11-2-1-7-19-11/h1-3,5,7-8H,4,6,9H2,(H,17,18). The van der Waals surface area contributed by atoms with Crippen LogP contribution in [-0.2, 0) is 17.8 Å². The number of rotatable bonds is 5. The van der Waals surface area contributed by atoms with Crippen molar-refractivity contribution in [2.75, 3.05) is 0 Å². The summed E-state index contributed by atoms with van der Waals surface area (Å²) in [6.45, 7) is 0.410. The molecule has 3 nitrogen and oxygen atoms in total. The first kappa shape index (κ1) is 14.0. The summed E-state index contributed by atoms with van der Waals surface area (Å²) in [5.41, 5.74) is 0.988. The van der Waals surface area contributed by atoms with Crippen LogP contribution in [0.1, 0.15) is 17.7 Å². The predicted octanol–water partition coefficient (Wildman–Crippen LogP) is 3.84. The van der Waals surface area contributed by atoms with Gasteiger partial charge < -0.3 is 9.73 Å². The lowest BCUT2D eigenvalue weighted by molar-refractivity contribution is -0.121. The molecule has 1 aromatic heterocycles. The van der Waals surface area contributed by atoms with Crippen LogP contribution < -0.4 is 5.32 Å². The molecule has 19 heavy (non-hydrogen) atoms. The van der Waals surface area contributed by atoms with Gasteiger partial charge in [0.05, 0.1) is 22.9 Å². The molecular weight excluding hydrogens is 285 g/mol. The minimum Gasteiger partial charge on any atom is -0.467 e. The van der Waals surface area contributed by atoms with Gasteiger partial charge in [-0.15, -0.1) is 0 Å². The summed E-state index contributed by atoms with van der Waals surface area (Å²) in [6.07, 6.45) is 2.61. The van der Waals surface area contributed by atoms with Crippen LogP contribution in [0.25, 0.3) is 0 Å². The Kier molecular flexibility index (Phi) is 4.88. The average molecular weight is 298 g/mol. The number of hydrogen-bond donors (Lipinski definition) is 1. The fourth-order valence-corrected chi connectivity index (χ4v) is 1.96. The third-order valence-electron chi connectivity index (χ3n) is 2.66. The number of carbonyl (C=O) groups is 1. The second-order valence-electron chi connectivity index (χ2n) is 4.10. The Morgan fingerprint density at radius 1 is 1.21 bits per heavy atom. The van der Waals surface area contributed by atoms with E-state index in [2.05, 4.69) is 5.32 Å². The number of furan rings is 1. The van der Waals surface area contributed by atoms with Crippen molar-refractivity contribution < 1.29 is 9.21 Å². The fourth-order valence-electron chi connectivity index (χ4n) is 1.64. The number of nitrogens with one attached hydrogen (secondary N) is 1. The molecule has 0 unspecified atom stereocenters. The molecule has 0 radical (unpaired) electrons. The highest BCUT2D eigenvalue weighted by Gasteiger charge is 2.05. The van der Waals surface area contributed by atoms with Gasteiger partial charge in [-0.1, -0.05) is 29.3 Å². The number of aryl methyl sites for hydroxylation is 1. The van der Waals surface area contributed by atoms with E-state index in [4.69, 9.17) is 27.6 Å². The Morgan fingerprint density at radius 2 is 2.05 bits per heavy atom. The number of benzene rings is 1. The van der Waals surface area contributed by atoms with Crippen LogP contribution in [0.5, 0.6) is 0 Å². The highest BCUT2D eigenvalue weighted by molar-refractivity contribution is 6.42. The summed E-state index contributed by atoms with van der Waals surface area (Å²) in [6, 6.07) is 8.99. The molecular formula is C14H13Cl2NO2. The summed E-state index contributed by atoms with van der Waals surface area (Å²) in [7, 11) is 0. The molecule has 0 aliphatic heterocycles. The molecule has 0 bridgehead atoms. The summed E-state index contributed by atoms with van der Waals surface area (Å²) in [4.78, 5) is 11.7. The van der Waals surface area contributed by atoms with Crippen molar-refractivity contribution in [2.45, 2.75) is 19.4 Å². The number of carbonyl (C=O) groups excluding carboxylic acids is 1. The molecule has 1 amide bonds. The van der Waals surface area contributed by atoms with E-state index >= 15 is 0 Å². The SMILES string of the molecule is O=C(CCc1ccc(Cl)c(Cl)c1)NCc1ccco1. The van der Waals surface area contributed by atoms with E-state index < -0.39 is 0 Å². The Hall–Kier alpha value is -1.45. The molecule has 0 aliphatic carbocycles. The Balaban J connectivity index is 1.78. The van der Waals surface area contributed by atoms with E-state index in [0.29, 0.717) is 29.4 Å². The molecule has 2 aromatic rings. The van der Waals surface area contributed by atoms with Crippen molar-refractivity contribution in [3.63, 3.8) is 0 Å². The summed E-state index contributed by atoms with van der Waals surface area (Å²) < 4.78 is 5.13. The Morgan fingerprint density at radius 3 is 2.74 bits per heavy atom. The van der Waals surface area contributed by atoms with Crippen LogP contribution in [0.2, 0.25) is 10.0 Å². The van der Waals surface area contributed by atoms with Crippen molar-refractivity contribution >= 4 is 29.1 Å². The van der Waals surface area contributed by atoms with Crippen LogP contribution in [-0.4, -0.2) is 5.91 Å². The zero-order valence-corrected chi connectivity index (χ0v) is 11.7. The van der Waals surface area contributed by atoms with Crippen molar-refractivity contribution in [2.24, 2.45) is 0 Å². The minimum atomic E-state index is -0.0255. The maximum Gasteiger partial charge on any atom is 0.220 e. The topological polar surface area (TPSA) is 42.2 Å². The number of halogens is 2. The zero-order valence-electron chi connectivity index (χ0n) is 10.2. The van der Waals surface area contributed by atoms with Gasteiger partial charge in [0.1, 0.15) is 5.76 Å². The number of amides is 1. The van der Waals surface area contributed by atoms with E-state index in [1.165, 1.54) is 0 Å². The van der Waals surface area contributed by atoms with E-state index in [-0.39, 0.29) is 5.91 Å². The van der Waals surface area contributed by atoms with Gasteiger partial charge in [0.15, 0.2) is 0 Å². The molecule has 2 rings (SSSR count). The van der Waals surface area contributed by atoms with Gasteiger partial charge in [0.25, 0.3) is 0 Å². The Labute approximate surface area is 121 Å². The van der Waals surface area contributed by atoms with Crippen molar-refractivity contribution in [3.8, 4) is 0 Å². The molecule has 5 heteroatoms. The summed E-state index contributed by atoms with van der Waals surface area (Å²) in [5, 5.41) is 3.82. The van der Waals surface area contributed by atoms with E-state index in [1.807, 2.05) is 12.1 Å². The molecule has 1 N–H and O–H groups in total. The van der Waals surface area contributed by atoms with Gasteiger partial charge in [0, 0.05) is 6.42 Å². The molecule has 1 aromatic carbocycles. The van der Waals surface area contributed by atoms with Gasteiger partial charge in [-0.3, -0.25) is 4.79 Å². The summed E-state index contributed by atoms with van der Waals surface area (Å²) >= 11 is 11.7. The average Bonchev–Trinajstić information content (AvgIpc) is 2.91. The third-order valence-corrected chi connectivity index (χ3v) is 3.40. The maximum atomic E-state index is 11.7. The van der Waals surface area contributed by atoms with Gasteiger partial charge in [0.2, 0.25) is 5.91 Å². The lowest BCUT2D eigenvalue weighted by Crippen LogP contribution is -2.22. The smallest absolute Gasteiger partial charge is 0.220 e.